The molecule has 0 atom stereocenters. The standard InChI is InChI=1S/C20H42O4S.Na/c1-2-3-4-5-6-7-8-9-10-11-12-13-14-15-16-17-19-24-25(22,23)20-18-21;/h21H,2-20H2,1H3;/q;+1. The molecular formula is C20H42NaO4S+. The Hall–Kier alpha value is 0.870. The number of unbranched alkanes of at least 4 members (excludes halogenated alkanes) is 15. The molecule has 0 amide bonds. The number of hydrogen-bond acceptors (Lipinski definition) is 4. The number of rotatable bonds is 20. The molecule has 0 rings (SSSR count). The molecule has 0 spiro atoms. The minimum atomic E-state index is -3.50. The molecule has 0 bridgehead atoms. The summed E-state index contributed by atoms with van der Waals surface area (Å²) in [5, 5.41) is 8.59. The molecule has 4 nitrogen and oxygen atoms in total. The predicted octanol–water partition coefficient (Wildman–Crippen LogP) is 2.59. The van der Waals surface area contributed by atoms with Crippen LogP contribution < -0.4 is 29.6 Å². The van der Waals surface area contributed by atoms with Crippen LogP contribution in [-0.2, 0) is 14.3 Å². The molecule has 0 saturated carbocycles. The fourth-order valence-electron chi connectivity index (χ4n) is 3.01. The van der Waals surface area contributed by atoms with Gasteiger partial charge >= 0.3 is 29.6 Å². The van der Waals surface area contributed by atoms with Gasteiger partial charge in [-0.25, -0.2) is 0 Å². The van der Waals surface area contributed by atoms with Crippen LogP contribution in [0.25, 0.3) is 0 Å². The Morgan fingerprint density at radius 1 is 0.654 bits per heavy atom. The van der Waals surface area contributed by atoms with Crippen LogP contribution in [0.2, 0.25) is 0 Å². The van der Waals surface area contributed by atoms with E-state index in [9.17, 15) is 8.42 Å². The van der Waals surface area contributed by atoms with E-state index in [4.69, 9.17) is 9.29 Å². The largest absolute Gasteiger partial charge is 1.00 e. The number of aliphatic hydroxyl groups is 1. The second kappa shape index (κ2) is 22.2. The third kappa shape index (κ3) is 22.9. The quantitative estimate of drug-likeness (QED) is 0.193. The summed E-state index contributed by atoms with van der Waals surface area (Å²) in [6.07, 6.45) is 20.8. The van der Waals surface area contributed by atoms with Gasteiger partial charge in [-0.05, 0) is 6.42 Å². The van der Waals surface area contributed by atoms with E-state index in [1.54, 1.807) is 0 Å². The van der Waals surface area contributed by atoms with Crippen LogP contribution in [0.15, 0.2) is 0 Å². The first-order chi connectivity index (χ1) is 12.1. The molecule has 6 heteroatoms. The van der Waals surface area contributed by atoms with Gasteiger partial charge in [0.2, 0.25) is 0 Å². The van der Waals surface area contributed by atoms with Crippen molar-refractivity contribution in [3.63, 3.8) is 0 Å². The maximum atomic E-state index is 11.2. The second-order valence-electron chi connectivity index (χ2n) is 7.11. The van der Waals surface area contributed by atoms with Gasteiger partial charge in [-0.2, -0.15) is 8.42 Å². The molecule has 0 aromatic rings. The van der Waals surface area contributed by atoms with Gasteiger partial charge < -0.3 is 5.11 Å². The molecule has 26 heavy (non-hydrogen) atoms. The molecule has 1 N–H and O–H groups in total. The van der Waals surface area contributed by atoms with E-state index in [0.29, 0.717) is 0 Å². The van der Waals surface area contributed by atoms with Gasteiger partial charge in [-0.1, -0.05) is 103 Å². The van der Waals surface area contributed by atoms with Crippen molar-refractivity contribution in [3.8, 4) is 0 Å². The van der Waals surface area contributed by atoms with Crippen molar-refractivity contribution in [1.82, 2.24) is 0 Å². The first kappa shape index (κ1) is 29.1. The van der Waals surface area contributed by atoms with Crippen LogP contribution in [-0.4, -0.2) is 32.5 Å². The molecule has 0 saturated heterocycles. The van der Waals surface area contributed by atoms with E-state index < -0.39 is 10.1 Å². The molecule has 0 aliphatic rings. The first-order valence-electron chi connectivity index (χ1n) is 10.6. The summed E-state index contributed by atoms with van der Waals surface area (Å²) < 4.78 is 27.2. The van der Waals surface area contributed by atoms with Crippen LogP contribution in [0.3, 0.4) is 0 Å². The van der Waals surface area contributed by atoms with E-state index in [1.165, 1.54) is 83.5 Å². The Balaban J connectivity index is 0. The Bertz CT molecular complexity index is 361. The minimum Gasteiger partial charge on any atom is -0.395 e. The van der Waals surface area contributed by atoms with Gasteiger partial charge in [-0.15, -0.1) is 0 Å². The summed E-state index contributed by atoms with van der Waals surface area (Å²) in [7, 11) is -3.50. The average molecular weight is 402 g/mol. The van der Waals surface area contributed by atoms with Crippen LogP contribution in [0.4, 0.5) is 0 Å². The summed E-state index contributed by atoms with van der Waals surface area (Å²) in [6.45, 7) is 2.14. The molecule has 152 valence electrons. The second-order valence-corrected chi connectivity index (χ2v) is 8.87. The third-order valence-electron chi connectivity index (χ3n) is 4.60. The van der Waals surface area contributed by atoms with Crippen LogP contribution in [0.5, 0.6) is 0 Å². The zero-order valence-corrected chi connectivity index (χ0v) is 20.3. The summed E-state index contributed by atoms with van der Waals surface area (Å²) in [5.41, 5.74) is 0. The molecular weight excluding hydrogens is 359 g/mol. The monoisotopic (exact) mass is 401 g/mol. The smallest absolute Gasteiger partial charge is 0.395 e. The Morgan fingerprint density at radius 3 is 1.35 bits per heavy atom. The zero-order chi connectivity index (χ0) is 18.6. The maximum absolute atomic E-state index is 11.2. The van der Waals surface area contributed by atoms with Gasteiger partial charge in [0.05, 0.1) is 19.0 Å². The number of aliphatic hydroxyl groups excluding tert-OH is 1. The third-order valence-corrected chi connectivity index (χ3v) is 5.81. The fraction of sp³-hybridized carbons (Fsp3) is 1.00. The van der Waals surface area contributed by atoms with E-state index >= 15 is 0 Å². The minimum absolute atomic E-state index is 0. The summed E-state index contributed by atoms with van der Waals surface area (Å²) in [5.74, 6) is -0.300. The van der Waals surface area contributed by atoms with Gasteiger partial charge in [0.1, 0.15) is 0 Å². The molecule has 0 aliphatic carbocycles. The average Bonchev–Trinajstić information content (AvgIpc) is 2.57. The van der Waals surface area contributed by atoms with Crippen LogP contribution >= 0.6 is 0 Å². The zero-order valence-electron chi connectivity index (χ0n) is 17.5. The Labute approximate surface area is 185 Å². The maximum Gasteiger partial charge on any atom is 1.00 e. The number of hydrogen-bond donors (Lipinski definition) is 1. The van der Waals surface area contributed by atoms with Crippen LogP contribution in [0.1, 0.15) is 110 Å². The molecule has 0 fully saturated rings. The van der Waals surface area contributed by atoms with Crippen molar-refractivity contribution in [2.75, 3.05) is 19.0 Å². The van der Waals surface area contributed by atoms with Crippen molar-refractivity contribution in [3.05, 3.63) is 0 Å². The van der Waals surface area contributed by atoms with Crippen molar-refractivity contribution in [1.29, 1.82) is 0 Å². The topological polar surface area (TPSA) is 63.6 Å². The van der Waals surface area contributed by atoms with Crippen molar-refractivity contribution < 1.29 is 47.3 Å². The molecule has 0 aliphatic heterocycles. The molecule has 0 aromatic heterocycles. The summed E-state index contributed by atoms with van der Waals surface area (Å²) >= 11 is 0. The van der Waals surface area contributed by atoms with E-state index in [0.717, 1.165) is 19.3 Å². The van der Waals surface area contributed by atoms with Gasteiger partial charge in [0.25, 0.3) is 10.1 Å². The van der Waals surface area contributed by atoms with Gasteiger partial charge in [0.15, 0.2) is 0 Å². The van der Waals surface area contributed by atoms with Gasteiger partial charge in [-0.3, -0.25) is 4.18 Å². The van der Waals surface area contributed by atoms with E-state index in [2.05, 4.69) is 6.92 Å². The van der Waals surface area contributed by atoms with Gasteiger partial charge in [0, 0.05) is 0 Å². The van der Waals surface area contributed by atoms with Crippen molar-refractivity contribution in [2.24, 2.45) is 0 Å². The molecule has 0 radical (unpaired) electrons. The Morgan fingerprint density at radius 2 is 1.00 bits per heavy atom. The van der Waals surface area contributed by atoms with Crippen LogP contribution in [0, 0.1) is 0 Å². The van der Waals surface area contributed by atoms with E-state index in [-0.39, 0.29) is 48.5 Å². The predicted molar refractivity (Wildman–Crippen MR) is 106 cm³/mol. The van der Waals surface area contributed by atoms with Crippen molar-refractivity contribution >= 4 is 10.1 Å². The SMILES string of the molecule is CCCCCCCCCCCCCCCCCCOS(=O)(=O)CCO.[Na+]. The summed E-state index contributed by atoms with van der Waals surface area (Å²) in [4.78, 5) is 0. The molecule has 0 heterocycles. The Kier molecular flexibility index (Phi) is 24.8. The van der Waals surface area contributed by atoms with Crippen molar-refractivity contribution in [2.45, 2.75) is 110 Å². The summed E-state index contributed by atoms with van der Waals surface area (Å²) in [6, 6.07) is 0. The molecule has 0 aromatic carbocycles. The molecule has 0 unspecified atom stereocenters. The fourth-order valence-corrected chi connectivity index (χ4v) is 3.72. The first-order valence-corrected chi connectivity index (χ1v) is 12.2. The van der Waals surface area contributed by atoms with E-state index in [1.807, 2.05) is 0 Å². The normalized spacial score (nSPS) is 11.5.